The fourth-order valence-electron chi connectivity index (χ4n) is 1.90. The van der Waals surface area contributed by atoms with Crippen molar-refractivity contribution in [3.05, 3.63) is 69.8 Å². The van der Waals surface area contributed by atoms with Crippen molar-refractivity contribution in [2.24, 2.45) is 5.73 Å². The molecule has 0 aliphatic rings. The average molecular weight is 349 g/mol. The minimum Gasteiger partial charge on any atom is -0.406 e. The van der Waals surface area contributed by atoms with Crippen LogP contribution in [-0.2, 0) is 0 Å². The highest BCUT2D eigenvalue weighted by atomic mass is 35.5. The smallest absolute Gasteiger partial charge is 0.406 e. The van der Waals surface area contributed by atoms with Crippen LogP contribution in [0.5, 0.6) is 5.75 Å². The monoisotopic (exact) mass is 348 g/mol. The molecule has 0 aromatic heterocycles. The van der Waals surface area contributed by atoms with E-state index < -0.39 is 17.3 Å². The minimum absolute atomic E-state index is 0. The van der Waals surface area contributed by atoms with Gasteiger partial charge in [0.05, 0.1) is 11.0 Å². The van der Waals surface area contributed by atoms with E-state index in [0.29, 0.717) is 11.1 Å². The number of benzene rings is 2. The molecule has 2 aromatic rings. The number of hydrogen-bond acceptors (Lipinski definition) is 4. The number of nitro benzene ring substituents is 1. The number of alkyl halides is 3. The highest BCUT2D eigenvalue weighted by molar-refractivity contribution is 5.85. The van der Waals surface area contributed by atoms with E-state index in [2.05, 4.69) is 4.74 Å². The van der Waals surface area contributed by atoms with E-state index in [1.807, 2.05) is 0 Å². The van der Waals surface area contributed by atoms with E-state index in [9.17, 15) is 23.3 Å². The summed E-state index contributed by atoms with van der Waals surface area (Å²) in [4.78, 5) is 10.2. The second-order valence-electron chi connectivity index (χ2n) is 4.45. The lowest BCUT2D eigenvalue weighted by Crippen LogP contribution is -2.17. The highest BCUT2D eigenvalue weighted by Crippen LogP contribution is 2.27. The van der Waals surface area contributed by atoms with Crippen molar-refractivity contribution >= 4 is 18.1 Å². The molecule has 2 rings (SSSR count). The Morgan fingerprint density at radius 1 is 1.09 bits per heavy atom. The maximum absolute atomic E-state index is 12.1. The van der Waals surface area contributed by atoms with Gasteiger partial charge in [-0.05, 0) is 23.3 Å². The fourth-order valence-corrected chi connectivity index (χ4v) is 1.90. The Hall–Kier alpha value is -2.32. The van der Waals surface area contributed by atoms with Gasteiger partial charge in [-0.25, -0.2) is 0 Å². The Bertz CT molecular complexity index is 678. The van der Waals surface area contributed by atoms with Crippen molar-refractivity contribution in [1.29, 1.82) is 0 Å². The minimum atomic E-state index is -4.76. The van der Waals surface area contributed by atoms with E-state index in [1.165, 1.54) is 30.3 Å². The van der Waals surface area contributed by atoms with E-state index in [1.54, 1.807) is 6.07 Å². The lowest BCUT2D eigenvalue weighted by molar-refractivity contribution is -0.384. The number of nitrogens with zero attached hydrogens (tertiary/aromatic N) is 1. The van der Waals surface area contributed by atoms with Crippen LogP contribution in [0.3, 0.4) is 0 Å². The maximum Gasteiger partial charge on any atom is 0.573 e. The molecule has 5 nitrogen and oxygen atoms in total. The number of ether oxygens (including phenoxy) is 1. The van der Waals surface area contributed by atoms with Crippen molar-refractivity contribution in [3.63, 3.8) is 0 Å². The van der Waals surface area contributed by atoms with Crippen molar-refractivity contribution in [2.45, 2.75) is 12.4 Å². The van der Waals surface area contributed by atoms with Gasteiger partial charge in [0.1, 0.15) is 5.75 Å². The number of nitrogens with two attached hydrogens (primary N) is 1. The number of nitro groups is 1. The summed E-state index contributed by atoms with van der Waals surface area (Å²) in [6.45, 7) is 0. The lowest BCUT2D eigenvalue weighted by atomic mass is 9.99. The van der Waals surface area contributed by atoms with Gasteiger partial charge in [0.15, 0.2) is 0 Å². The maximum atomic E-state index is 12.1. The van der Waals surface area contributed by atoms with Crippen LogP contribution < -0.4 is 10.5 Å². The van der Waals surface area contributed by atoms with E-state index in [0.717, 1.165) is 12.1 Å². The molecule has 0 saturated heterocycles. The largest absolute Gasteiger partial charge is 0.573 e. The first-order chi connectivity index (χ1) is 10.3. The van der Waals surface area contributed by atoms with Gasteiger partial charge in [-0.2, -0.15) is 0 Å². The van der Waals surface area contributed by atoms with Gasteiger partial charge in [-0.1, -0.05) is 24.3 Å². The van der Waals surface area contributed by atoms with Crippen LogP contribution in [-0.4, -0.2) is 11.3 Å². The van der Waals surface area contributed by atoms with Crippen molar-refractivity contribution < 1.29 is 22.8 Å². The van der Waals surface area contributed by atoms with E-state index in [4.69, 9.17) is 5.73 Å². The van der Waals surface area contributed by atoms with Gasteiger partial charge >= 0.3 is 6.36 Å². The molecule has 0 saturated carbocycles. The molecule has 2 aromatic carbocycles. The Labute approximate surface area is 135 Å². The summed E-state index contributed by atoms with van der Waals surface area (Å²) < 4.78 is 40.0. The van der Waals surface area contributed by atoms with Gasteiger partial charge in [-0.3, -0.25) is 10.1 Å². The van der Waals surface area contributed by atoms with Crippen LogP contribution in [0.4, 0.5) is 18.9 Å². The second-order valence-corrected chi connectivity index (χ2v) is 4.45. The second kappa shape index (κ2) is 7.30. The summed E-state index contributed by atoms with van der Waals surface area (Å²) in [5.74, 6) is -0.359. The molecule has 0 radical (unpaired) electrons. The molecule has 0 unspecified atom stereocenters. The Kier molecular flexibility index (Phi) is 5.94. The molecule has 0 fully saturated rings. The molecule has 0 aliphatic carbocycles. The zero-order valence-corrected chi connectivity index (χ0v) is 12.3. The molecular weight excluding hydrogens is 337 g/mol. The standard InChI is InChI=1S/C14H11F3N2O3.ClH/c15-14(16,17)22-12-6-4-9(5-7-12)13(18)10-2-1-3-11(8-10)19(20)21;/h1-8,13H,18H2;1H/t13-;/m0./s1. The summed E-state index contributed by atoms with van der Waals surface area (Å²) >= 11 is 0. The van der Waals surface area contributed by atoms with Crippen molar-refractivity contribution in [1.82, 2.24) is 0 Å². The Balaban J connectivity index is 0.00000264. The molecule has 0 amide bonds. The van der Waals surface area contributed by atoms with E-state index in [-0.39, 0.29) is 23.8 Å². The third-order valence-corrected chi connectivity index (χ3v) is 2.91. The molecule has 0 heterocycles. The van der Waals surface area contributed by atoms with Gasteiger partial charge in [-0.15, -0.1) is 25.6 Å². The first-order valence-electron chi connectivity index (χ1n) is 6.12. The average Bonchev–Trinajstić information content (AvgIpc) is 2.46. The van der Waals surface area contributed by atoms with Gasteiger partial charge < -0.3 is 10.5 Å². The zero-order chi connectivity index (χ0) is 16.3. The number of hydrogen-bond donors (Lipinski definition) is 1. The molecule has 1 atom stereocenters. The number of halogens is 4. The summed E-state index contributed by atoms with van der Waals surface area (Å²) in [7, 11) is 0. The molecule has 124 valence electrons. The van der Waals surface area contributed by atoms with Gasteiger partial charge in [0.25, 0.3) is 5.69 Å². The summed E-state index contributed by atoms with van der Waals surface area (Å²) in [5, 5.41) is 10.7. The van der Waals surface area contributed by atoms with Crippen LogP contribution in [0.1, 0.15) is 17.2 Å². The van der Waals surface area contributed by atoms with Gasteiger partial charge in [0.2, 0.25) is 0 Å². The SMILES string of the molecule is Cl.N[C@@H](c1ccc(OC(F)(F)F)cc1)c1cccc([N+](=O)[O-])c1. The first-order valence-corrected chi connectivity index (χ1v) is 6.12. The Morgan fingerprint density at radius 3 is 2.22 bits per heavy atom. The topological polar surface area (TPSA) is 78.4 Å². The molecule has 9 heteroatoms. The van der Waals surface area contributed by atoms with E-state index >= 15 is 0 Å². The molecule has 23 heavy (non-hydrogen) atoms. The Morgan fingerprint density at radius 2 is 1.70 bits per heavy atom. The van der Waals surface area contributed by atoms with Crippen molar-refractivity contribution in [2.75, 3.05) is 0 Å². The normalized spacial score (nSPS) is 12.2. The van der Waals surface area contributed by atoms with Crippen LogP contribution in [0.15, 0.2) is 48.5 Å². The molecule has 2 N–H and O–H groups in total. The predicted octanol–water partition coefficient (Wildman–Crippen LogP) is 3.96. The third kappa shape index (κ3) is 5.11. The molecule has 0 spiro atoms. The molecule has 0 bridgehead atoms. The lowest BCUT2D eigenvalue weighted by Gasteiger charge is -2.14. The number of rotatable bonds is 4. The third-order valence-electron chi connectivity index (χ3n) is 2.91. The van der Waals surface area contributed by atoms with Crippen LogP contribution in [0, 0.1) is 10.1 Å². The zero-order valence-electron chi connectivity index (χ0n) is 11.5. The molecular formula is C14H12ClF3N2O3. The number of non-ortho nitro benzene ring substituents is 1. The highest BCUT2D eigenvalue weighted by Gasteiger charge is 2.31. The predicted molar refractivity (Wildman–Crippen MR) is 79.5 cm³/mol. The van der Waals surface area contributed by atoms with Crippen LogP contribution in [0.25, 0.3) is 0 Å². The van der Waals surface area contributed by atoms with Crippen molar-refractivity contribution in [3.8, 4) is 5.75 Å². The first kappa shape index (κ1) is 18.7. The summed E-state index contributed by atoms with van der Waals surface area (Å²) in [6.07, 6.45) is -4.76. The fraction of sp³-hybridized carbons (Fsp3) is 0.143. The molecule has 0 aliphatic heterocycles. The van der Waals surface area contributed by atoms with Crippen LogP contribution in [0.2, 0.25) is 0 Å². The summed E-state index contributed by atoms with van der Waals surface area (Å²) in [5.41, 5.74) is 6.86. The quantitative estimate of drug-likeness (QED) is 0.670. The summed E-state index contributed by atoms with van der Waals surface area (Å²) in [6, 6.07) is 10.1. The van der Waals surface area contributed by atoms with Gasteiger partial charge in [0, 0.05) is 12.1 Å². The van der Waals surface area contributed by atoms with Crippen LogP contribution >= 0.6 is 12.4 Å².